The Morgan fingerprint density at radius 3 is 2.26 bits per heavy atom. The lowest BCUT2D eigenvalue weighted by Crippen LogP contribution is -2.28. The van der Waals surface area contributed by atoms with Crippen LogP contribution < -0.4 is 10.1 Å². The molecule has 0 saturated heterocycles. The zero-order valence-corrected chi connectivity index (χ0v) is 12.2. The molecule has 0 radical (unpaired) electrons. The van der Waals surface area contributed by atoms with Gasteiger partial charge in [0, 0.05) is 11.3 Å². The number of nitrogens with one attached hydrogen (secondary N) is 1. The number of methoxy groups -OCH3 is 1. The zero-order valence-electron chi connectivity index (χ0n) is 12.2. The number of benzene rings is 2. The van der Waals surface area contributed by atoms with Crippen molar-refractivity contribution in [1.82, 2.24) is 0 Å². The predicted molar refractivity (Wildman–Crippen MR) is 81.5 cm³/mol. The third-order valence-electron chi connectivity index (χ3n) is 3.14. The fraction of sp³-hybridized carbons (Fsp3) is 0.118. The summed E-state index contributed by atoms with van der Waals surface area (Å²) in [4.78, 5) is 24.3. The van der Waals surface area contributed by atoms with Crippen LogP contribution in [0.25, 0.3) is 0 Å². The SMILES string of the molecule is COc1ccc(NC(=O)C(C#N)C(=O)c2ccc(F)cc2)cc1. The second-order valence-electron chi connectivity index (χ2n) is 4.65. The highest BCUT2D eigenvalue weighted by Crippen LogP contribution is 2.17. The van der Waals surface area contributed by atoms with Gasteiger partial charge in [-0.05, 0) is 48.5 Å². The summed E-state index contributed by atoms with van der Waals surface area (Å²) >= 11 is 0. The molecule has 2 aromatic rings. The molecule has 0 aliphatic heterocycles. The third kappa shape index (κ3) is 3.92. The number of hydrogen-bond donors (Lipinski definition) is 1. The Bertz CT molecular complexity index is 749. The van der Waals surface area contributed by atoms with Gasteiger partial charge < -0.3 is 10.1 Å². The maximum absolute atomic E-state index is 12.9. The second-order valence-corrected chi connectivity index (χ2v) is 4.65. The van der Waals surface area contributed by atoms with Crippen LogP contribution in [0.3, 0.4) is 0 Å². The van der Waals surface area contributed by atoms with Crippen molar-refractivity contribution in [3.05, 3.63) is 59.9 Å². The minimum absolute atomic E-state index is 0.0998. The van der Waals surface area contributed by atoms with Crippen LogP contribution in [0.1, 0.15) is 10.4 Å². The van der Waals surface area contributed by atoms with E-state index in [-0.39, 0.29) is 5.56 Å². The van der Waals surface area contributed by atoms with Gasteiger partial charge in [0.25, 0.3) is 0 Å². The third-order valence-corrected chi connectivity index (χ3v) is 3.14. The van der Waals surface area contributed by atoms with Gasteiger partial charge in [0.15, 0.2) is 11.7 Å². The highest BCUT2D eigenvalue weighted by molar-refractivity contribution is 6.15. The quantitative estimate of drug-likeness (QED) is 0.680. The molecule has 1 amide bonds. The number of nitrogens with zero attached hydrogens (tertiary/aromatic N) is 1. The maximum Gasteiger partial charge on any atom is 0.249 e. The van der Waals surface area contributed by atoms with Crippen LogP contribution >= 0.6 is 0 Å². The molecule has 0 saturated carbocycles. The first-order valence-corrected chi connectivity index (χ1v) is 6.69. The molecule has 0 aliphatic rings. The van der Waals surface area contributed by atoms with Crippen molar-refractivity contribution in [3.63, 3.8) is 0 Å². The number of ether oxygens (including phenoxy) is 1. The van der Waals surface area contributed by atoms with Gasteiger partial charge in [-0.2, -0.15) is 5.26 Å². The molecular weight excluding hydrogens is 299 g/mol. The van der Waals surface area contributed by atoms with Crippen molar-refractivity contribution >= 4 is 17.4 Å². The highest BCUT2D eigenvalue weighted by Gasteiger charge is 2.27. The van der Waals surface area contributed by atoms with Crippen molar-refractivity contribution in [2.75, 3.05) is 12.4 Å². The monoisotopic (exact) mass is 312 g/mol. The summed E-state index contributed by atoms with van der Waals surface area (Å²) in [5, 5.41) is 11.6. The minimum atomic E-state index is -1.51. The number of rotatable bonds is 5. The molecule has 2 rings (SSSR count). The number of nitriles is 1. The molecule has 116 valence electrons. The first-order chi connectivity index (χ1) is 11.0. The summed E-state index contributed by atoms with van der Waals surface area (Å²) in [6.07, 6.45) is 0. The Morgan fingerprint density at radius 1 is 1.13 bits per heavy atom. The first kappa shape index (κ1) is 16.2. The number of carbonyl (C=O) groups is 2. The lowest BCUT2D eigenvalue weighted by molar-refractivity contribution is -0.117. The van der Waals surface area contributed by atoms with E-state index >= 15 is 0 Å². The molecule has 1 atom stereocenters. The lowest BCUT2D eigenvalue weighted by atomic mass is 9.98. The van der Waals surface area contributed by atoms with Gasteiger partial charge in [-0.15, -0.1) is 0 Å². The van der Waals surface area contributed by atoms with Gasteiger partial charge in [-0.1, -0.05) is 0 Å². The molecule has 0 spiro atoms. The van der Waals surface area contributed by atoms with Crippen LogP contribution in [-0.4, -0.2) is 18.8 Å². The van der Waals surface area contributed by atoms with E-state index in [1.165, 1.54) is 19.2 Å². The van der Waals surface area contributed by atoms with E-state index in [9.17, 15) is 14.0 Å². The van der Waals surface area contributed by atoms with Crippen molar-refractivity contribution in [1.29, 1.82) is 5.26 Å². The molecule has 6 heteroatoms. The number of anilines is 1. The van der Waals surface area contributed by atoms with Crippen molar-refractivity contribution in [2.24, 2.45) is 5.92 Å². The van der Waals surface area contributed by atoms with E-state index in [0.717, 1.165) is 12.1 Å². The van der Waals surface area contributed by atoms with Crippen LogP contribution in [-0.2, 0) is 4.79 Å². The predicted octanol–water partition coefficient (Wildman–Crippen LogP) is 2.80. The van der Waals surface area contributed by atoms with Crippen molar-refractivity contribution < 1.29 is 18.7 Å². The van der Waals surface area contributed by atoms with E-state index < -0.39 is 23.4 Å². The second kappa shape index (κ2) is 7.18. The van der Waals surface area contributed by atoms with Gasteiger partial charge in [0.2, 0.25) is 5.91 Å². The molecule has 5 nitrogen and oxygen atoms in total. The summed E-state index contributed by atoms with van der Waals surface area (Å²) in [5.74, 6) is -2.83. The molecule has 0 aliphatic carbocycles. The summed E-state index contributed by atoms with van der Waals surface area (Å²) in [7, 11) is 1.51. The van der Waals surface area contributed by atoms with Gasteiger partial charge in [0.1, 0.15) is 11.6 Å². The Hall–Kier alpha value is -3.20. The van der Waals surface area contributed by atoms with E-state index in [1.54, 1.807) is 30.3 Å². The fourth-order valence-electron chi connectivity index (χ4n) is 1.91. The molecule has 1 unspecified atom stereocenters. The number of Topliss-reactive ketones (excluding diaryl/α,β-unsaturated/α-hetero) is 1. The van der Waals surface area contributed by atoms with Crippen LogP contribution in [0.5, 0.6) is 5.75 Å². The average Bonchev–Trinajstić information content (AvgIpc) is 2.56. The molecule has 0 fully saturated rings. The smallest absolute Gasteiger partial charge is 0.249 e. The molecule has 0 heterocycles. The summed E-state index contributed by atoms with van der Waals surface area (Å²) in [5.41, 5.74) is 0.533. The Labute approximate surface area is 132 Å². The summed E-state index contributed by atoms with van der Waals surface area (Å²) < 4.78 is 17.9. The van der Waals surface area contributed by atoms with Gasteiger partial charge in [0.05, 0.1) is 13.2 Å². The molecular formula is C17H13FN2O3. The first-order valence-electron chi connectivity index (χ1n) is 6.69. The van der Waals surface area contributed by atoms with E-state index in [0.29, 0.717) is 11.4 Å². The Morgan fingerprint density at radius 2 is 1.74 bits per heavy atom. The van der Waals surface area contributed by atoms with Crippen LogP contribution in [0.2, 0.25) is 0 Å². The maximum atomic E-state index is 12.9. The standard InChI is InChI=1S/C17H13FN2O3/c1-23-14-8-6-13(7-9-14)20-17(22)15(10-19)16(21)11-2-4-12(18)5-3-11/h2-9,15H,1H3,(H,20,22). The average molecular weight is 312 g/mol. The van der Waals surface area contributed by atoms with Crippen LogP contribution in [0.4, 0.5) is 10.1 Å². The normalized spacial score (nSPS) is 11.2. The van der Waals surface area contributed by atoms with E-state index in [4.69, 9.17) is 10.00 Å². The molecule has 0 bridgehead atoms. The van der Waals surface area contributed by atoms with Crippen LogP contribution in [0.15, 0.2) is 48.5 Å². The van der Waals surface area contributed by atoms with E-state index in [1.807, 2.05) is 0 Å². The minimum Gasteiger partial charge on any atom is -0.497 e. The number of halogens is 1. The largest absolute Gasteiger partial charge is 0.497 e. The van der Waals surface area contributed by atoms with Gasteiger partial charge in [-0.25, -0.2) is 4.39 Å². The molecule has 1 N–H and O–H groups in total. The summed E-state index contributed by atoms with van der Waals surface area (Å²) in [6.45, 7) is 0. The summed E-state index contributed by atoms with van der Waals surface area (Å²) in [6, 6.07) is 12.8. The van der Waals surface area contributed by atoms with Crippen molar-refractivity contribution in [2.45, 2.75) is 0 Å². The van der Waals surface area contributed by atoms with Crippen LogP contribution in [0, 0.1) is 23.1 Å². The number of hydrogen-bond acceptors (Lipinski definition) is 4. The number of amides is 1. The van der Waals surface area contributed by atoms with Crippen molar-refractivity contribution in [3.8, 4) is 11.8 Å². The molecule has 23 heavy (non-hydrogen) atoms. The lowest BCUT2D eigenvalue weighted by Gasteiger charge is -2.10. The molecule has 2 aromatic carbocycles. The van der Waals surface area contributed by atoms with Gasteiger partial charge in [-0.3, -0.25) is 9.59 Å². The number of carbonyl (C=O) groups excluding carboxylic acids is 2. The van der Waals surface area contributed by atoms with E-state index in [2.05, 4.69) is 5.32 Å². The Balaban J connectivity index is 2.13. The van der Waals surface area contributed by atoms with Gasteiger partial charge >= 0.3 is 0 Å². The topological polar surface area (TPSA) is 79.2 Å². The zero-order chi connectivity index (χ0) is 16.8. The number of ketones is 1. The highest BCUT2D eigenvalue weighted by atomic mass is 19.1. The Kier molecular flexibility index (Phi) is 5.05. The fourth-order valence-corrected chi connectivity index (χ4v) is 1.91. The molecule has 0 aromatic heterocycles.